The van der Waals surface area contributed by atoms with E-state index in [-0.39, 0.29) is 6.04 Å². The van der Waals surface area contributed by atoms with Crippen LogP contribution in [0.3, 0.4) is 0 Å². The molecular formula is C15H22N4. The highest BCUT2D eigenvalue weighted by molar-refractivity contribution is 5.28. The van der Waals surface area contributed by atoms with Crippen molar-refractivity contribution in [2.24, 2.45) is 0 Å². The number of nitrogens with zero attached hydrogens (tertiary/aromatic N) is 3. The standard InChI is InChI=1S/C15H22N4/c1-4-8-17-14(13-7-6-9-16-12(13)3)15-18-10-11-19(15)5-2/h6-7,9-11,14,17H,4-5,8H2,1-3H3. The Hall–Kier alpha value is -1.68. The van der Waals surface area contributed by atoms with Gasteiger partial charge >= 0.3 is 0 Å². The van der Waals surface area contributed by atoms with Gasteiger partial charge in [-0.15, -0.1) is 0 Å². The lowest BCUT2D eigenvalue weighted by molar-refractivity contribution is 0.538. The molecule has 2 aromatic rings. The molecule has 2 heterocycles. The van der Waals surface area contributed by atoms with Crippen molar-refractivity contribution in [3.8, 4) is 0 Å². The van der Waals surface area contributed by atoms with Gasteiger partial charge in [0, 0.05) is 30.8 Å². The Labute approximate surface area is 114 Å². The molecule has 1 atom stereocenters. The van der Waals surface area contributed by atoms with Crippen molar-refractivity contribution in [3.05, 3.63) is 47.8 Å². The third kappa shape index (κ3) is 3.01. The topological polar surface area (TPSA) is 42.7 Å². The smallest absolute Gasteiger partial charge is 0.130 e. The molecule has 0 bridgehead atoms. The largest absolute Gasteiger partial charge is 0.334 e. The molecule has 2 aromatic heterocycles. The molecule has 1 N–H and O–H groups in total. The first-order chi connectivity index (χ1) is 9.27. The minimum Gasteiger partial charge on any atom is -0.334 e. The van der Waals surface area contributed by atoms with Crippen molar-refractivity contribution < 1.29 is 0 Å². The van der Waals surface area contributed by atoms with E-state index in [1.54, 1.807) is 0 Å². The lowest BCUT2D eigenvalue weighted by atomic mass is 10.0. The molecule has 0 aliphatic rings. The molecule has 0 amide bonds. The van der Waals surface area contributed by atoms with Gasteiger partial charge in [-0.25, -0.2) is 4.98 Å². The highest BCUT2D eigenvalue weighted by Crippen LogP contribution is 2.22. The summed E-state index contributed by atoms with van der Waals surface area (Å²) in [6.45, 7) is 8.26. The summed E-state index contributed by atoms with van der Waals surface area (Å²) in [5, 5.41) is 3.58. The summed E-state index contributed by atoms with van der Waals surface area (Å²) >= 11 is 0. The molecule has 0 saturated heterocycles. The number of aromatic nitrogens is 3. The summed E-state index contributed by atoms with van der Waals surface area (Å²) in [4.78, 5) is 8.93. The van der Waals surface area contributed by atoms with Crippen molar-refractivity contribution in [1.82, 2.24) is 19.9 Å². The van der Waals surface area contributed by atoms with Crippen LogP contribution < -0.4 is 5.32 Å². The molecule has 2 rings (SSSR count). The Bertz CT molecular complexity index is 518. The van der Waals surface area contributed by atoms with E-state index in [2.05, 4.69) is 46.7 Å². The molecule has 0 aromatic carbocycles. The zero-order valence-electron chi connectivity index (χ0n) is 11.9. The number of rotatable bonds is 6. The van der Waals surface area contributed by atoms with Gasteiger partial charge in [0.15, 0.2) is 0 Å². The lowest BCUT2D eigenvalue weighted by Crippen LogP contribution is -2.27. The molecule has 4 heteroatoms. The van der Waals surface area contributed by atoms with Gasteiger partial charge in [-0.05, 0) is 38.4 Å². The summed E-state index contributed by atoms with van der Waals surface area (Å²) < 4.78 is 2.18. The van der Waals surface area contributed by atoms with E-state index in [1.165, 1.54) is 5.56 Å². The summed E-state index contributed by atoms with van der Waals surface area (Å²) in [6.07, 6.45) is 6.83. The number of pyridine rings is 1. The third-order valence-corrected chi connectivity index (χ3v) is 3.30. The van der Waals surface area contributed by atoms with Crippen LogP contribution in [0.15, 0.2) is 30.7 Å². The quantitative estimate of drug-likeness (QED) is 0.866. The van der Waals surface area contributed by atoms with Gasteiger partial charge in [0.2, 0.25) is 0 Å². The average Bonchev–Trinajstić information content (AvgIpc) is 2.89. The second-order valence-electron chi connectivity index (χ2n) is 4.64. The van der Waals surface area contributed by atoms with Gasteiger partial charge < -0.3 is 9.88 Å². The van der Waals surface area contributed by atoms with Crippen LogP contribution in [0.2, 0.25) is 0 Å². The summed E-state index contributed by atoms with van der Waals surface area (Å²) in [7, 11) is 0. The van der Waals surface area contributed by atoms with Crippen molar-refractivity contribution in [2.45, 2.75) is 39.8 Å². The molecule has 19 heavy (non-hydrogen) atoms. The van der Waals surface area contributed by atoms with Crippen LogP contribution >= 0.6 is 0 Å². The lowest BCUT2D eigenvalue weighted by Gasteiger charge is -2.20. The summed E-state index contributed by atoms with van der Waals surface area (Å²) in [5.41, 5.74) is 2.26. The predicted octanol–water partition coefficient (Wildman–Crippen LogP) is 2.70. The Morgan fingerprint density at radius 1 is 1.26 bits per heavy atom. The minimum atomic E-state index is 0.114. The van der Waals surface area contributed by atoms with Gasteiger partial charge in [-0.3, -0.25) is 4.98 Å². The third-order valence-electron chi connectivity index (χ3n) is 3.30. The van der Waals surface area contributed by atoms with Crippen LogP contribution in [0.4, 0.5) is 0 Å². The van der Waals surface area contributed by atoms with Gasteiger partial charge in [-0.2, -0.15) is 0 Å². The van der Waals surface area contributed by atoms with E-state index < -0.39 is 0 Å². The van der Waals surface area contributed by atoms with E-state index >= 15 is 0 Å². The number of hydrogen-bond donors (Lipinski definition) is 1. The monoisotopic (exact) mass is 258 g/mol. The fourth-order valence-electron chi connectivity index (χ4n) is 2.28. The normalized spacial score (nSPS) is 12.6. The molecule has 0 fully saturated rings. The van der Waals surface area contributed by atoms with Crippen LogP contribution in [0.25, 0.3) is 0 Å². The molecule has 0 spiro atoms. The first kappa shape index (κ1) is 13.7. The Morgan fingerprint density at radius 2 is 2.11 bits per heavy atom. The predicted molar refractivity (Wildman–Crippen MR) is 77.0 cm³/mol. The van der Waals surface area contributed by atoms with Crippen LogP contribution in [0, 0.1) is 6.92 Å². The summed E-state index contributed by atoms with van der Waals surface area (Å²) in [6, 6.07) is 4.23. The molecule has 1 unspecified atom stereocenters. The Balaban J connectivity index is 2.39. The van der Waals surface area contributed by atoms with Crippen molar-refractivity contribution in [1.29, 1.82) is 0 Å². The minimum absolute atomic E-state index is 0.114. The highest BCUT2D eigenvalue weighted by atomic mass is 15.1. The van der Waals surface area contributed by atoms with E-state index in [4.69, 9.17) is 0 Å². The Morgan fingerprint density at radius 3 is 2.79 bits per heavy atom. The fourth-order valence-corrected chi connectivity index (χ4v) is 2.28. The highest BCUT2D eigenvalue weighted by Gasteiger charge is 2.20. The molecule has 0 radical (unpaired) electrons. The molecule has 0 aliphatic carbocycles. The van der Waals surface area contributed by atoms with Gasteiger partial charge in [0.05, 0.1) is 6.04 Å². The average molecular weight is 258 g/mol. The zero-order valence-corrected chi connectivity index (χ0v) is 11.9. The van der Waals surface area contributed by atoms with Crippen molar-refractivity contribution in [3.63, 3.8) is 0 Å². The van der Waals surface area contributed by atoms with Gasteiger partial charge in [0.1, 0.15) is 5.82 Å². The van der Waals surface area contributed by atoms with Crippen molar-refractivity contribution >= 4 is 0 Å². The molecule has 0 aliphatic heterocycles. The van der Waals surface area contributed by atoms with Gasteiger partial charge in [0.25, 0.3) is 0 Å². The molecule has 0 saturated carbocycles. The van der Waals surface area contributed by atoms with E-state index in [0.717, 1.165) is 31.0 Å². The molecule has 102 valence electrons. The maximum atomic E-state index is 4.53. The number of imidazole rings is 1. The molecule has 4 nitrogen and oxygen atoms in total. The van der Waals surface area contributed by atoms with Crippen LogP contribution in [-0.4, -0.2) is 21.1 Å². The first-order valence-corrected chi connectivity index (χ1v) is 6.93. The van der Waals surface area contributed by atoms with Crippen LogP contribution in [0.5, 0.6) is 0 Å². The number of nitrogens with one attached hydrogen (secondary N) is 1. The fraction of sp³-hybridized carbons (Fsp3) is 0.467. The first-order valence-electron chi connectivity index (χ1n) is 6.93. The second-order valence-corrected chi connectivity index (χ2v) is 4.64. The van der Waals surface area contributed by atoms with Gasteiger partial charge in [-0.1, -0.05) is 13.0 Å². The van der Waals surface area contributed by atoms with Crippen molar-refractivity contribution in [2.75, 3.05) is 6.54 Å². The maximum Gasteiger partial charge on any atom is 0.130 e. The zero-order chi connectivity index (χ0) is 13.7. The van der Waals surface area contributed by atoms with Crippen LogP contribution in [0.1, 0.15) is 43.4 Å². The number of aryl methyl sites for hydroxylation is 2. The van der Waals surface area contributed by atoms with E-state index in [9.17, 15) is 0 Å². The van der Waals surface area contributed by atoms with Crippen LogP contribution in [-0.2, 0) is 6.54 Å². The SMILES string of the molecule is CCCNC(c1cccnc1C)c1nccn1CC. The van der Waals surface area contributed by atoms with E-state index in [1.807, 2.05) is 24.7 Å². The second kappa shape index (κ2) is 6.48. The number of hydrogen-bond acceptors (Lipinski definition) is 3. The molecular weight excluding hydrogens is 236 g/mol. The van der Waals surface area contributed by atoms with E-state index in [0.29, 0.717) is 0 Å². The summed E-state index contributed by atoms with van der Waals surface area (Å²) in [5.74, 6) is 1.06. The maximum absolute atomic E-state index is 4.53. The Kier molecular flexibility index (Phi) is 4.68.